The summed E-state index contributed by atoms with van der Waals surface area (Å²) in [5, 5.41) is 0. The van der Waals surface area contributed by atoms with Crippen molar-refractivity contribution in [3.8, 4) is 0 Å². The number of rotatable bonds is 3. The van der Waals surface area contributed by atoms with Gasteiger partial charge in [0.05, 0.1) is 7.11 Å². The van der Waals surface area contributed by atoms with E-state index in [0.29, 0.717) is 13.0 Å². The first kappa shape index (κ1) is 9.94. The van der Waals surface area contributed by atoms with Crippen LogP contribution in [0.3, 0.4) is 0 Å². The van der Waals surface area contributed by atoms with E-state index in [0.717, 1.165) is 4.90 Å². The lowest BCUT2D eigenvalue weighted by Gasteiger charge is -2.15. The van der Waals surface area contributed by atoms with Crippen LogP contribution in [-0.2, 0) is 9.53 Å². The Morgan fingerprint density at radius 1 is 1.64 bits per heavy atom. The average molecular weight is 159 g/mol. The number of carbonyl (C=O) groups excluding carboxylic acids is 2. The van der Waals surface area contributed by atoms with Crippen molar-refractivity contribution in [2.24, 2.45) is 5.92 Å². The molecule has 0 saturated heterocycles. The summed E-state index contributed by atoms with van der Waals surface area (Å²) in [4.78, 5) is 22.0. The van der Waals surface area contributed by atoms with Crippen molar-refractivity contribution in [1.82, 2.24) is 4.90 Å². The standard InChI is InChI=1S/C7H13NO3/c1-6(2)4-8(5-9)7(10)11-3/h5-6H,4H2,1-3H3. The fourth-order valence-corrected chi connectivity index (χ4v) is 0.671. The first-order valence-corrected chi connectivity index (χ1v) is 3.41. The fourth-order valence-electron chi connectivity index (χ4n) is 0.671. The van der Waals surface area contributed by atoms with Crippen LogP contribution in [0.1, 0.15) is 13.8 Å². The van der Waals surface area contributed by atoms with Crippen LogP contribution in [0.25, 0.3) is 0 Å². The second-order valence-electron chi connectivity index (χ2n) is 2.62. The molecule has 0 aliphatic rings. The number of methoxy groups -OCH3 is 1. The van der Waals surface area contributed by atoms with Gasteiger partial charge in [-0.05, 0) is 5.92 Å². The summed E-state index contributed by atoms with van der Waals surface area (Å²) in [6.45, 7) is 4.23. The zero-order valence-corrected chi connectivity index (χ0v) is 7.03. The smallest absolute Gasteiger partial charge is 0.416 e. The van der Waals surface area contributed by atoms with Crippen LogP contribution in [0.4, 0.5) is 4.79 Å². The number of imide groups is 1. The zero-order chi connectivity index (χ0) is 8.85. The lowest BCUT2D eigenvalue weighted by Crippen LogP contribution is -2.32. The molecule has 0 radical (unpaired) electrons. The molecule has 0 unspecified atom stereocenters. The second-order valence-corrected chi connectivity index (χ2v) is 2.62. The van der Waals surface area contributed by atoms with E-state index in [9.17, 15) is 9.59 Å². The van der Waals surface area contributed by atoms with Crippen molar-refractivity contribution in [2.45, 2.75) is 13.8 Å². The van der Waals surface area contributed by atoms with E-state index in [4.69, 9.17) is 0 Å². The summed E-state index contributed by atoms with van der Waals surface area (Å²) in [6.07, 6.45) is -0.125. The molecular formula is C7H13NO3. The first-order valence-electron chi connectivity index (χ1n) is 3.41. The van der Waals surface area contributed by atoms with Gasteiger partial charge in [-0.25, -0.2) is 9.69 Å². The molecule has 0 heterocycles. The van der Waals surface area contributed by atoms with E-state index < -0.39 is 6.09 Å². The maximum atomic E-state index is 10.8. The third kappa shape index (κ3) is 3.60. The van der Waals surface area contributed by atoms with Crippen LogP contribution in [0, 0.1) is 5.92 Å². The minimum absolute atomic E-state index is 0.263. The third-order valence-corrected chi connectivity index (χ3v) is 1.10. The molecule has 4 nitrogen and oxygen atoms in total. The Morgan fingerprint density at radius 2 is 2.18 bits per heavy atom. The molecule has 0 saturated carbocycles. The summed E-state index contributed by atoms with van der Waals surface area (Å²) < 4.78 is 4.36. The second kappa shape index (κ2) is 4.71. The molecule has 0 spiro atoms. The summed E-state index contributed by atoms with van der Waals surface area (Å²) in [6, 6.07) is 0. The highest BCUT2D eigenvalue weighted by Gasteiger charge is 2.12. The normalized spacial score (nSPS) is 9.45. The number of carbonyl (C=O) groups is 2. The van der Waals surface area contributed by atoms with Gasteiger partial charge in [0.15, 0.2) is 0 Å². The van der Waals surface area contributed by atoms with Gasteiger partial charge in [0, 0.05) is 6.54 Å². The van der Waals surface area contributed by atoms with Gasteiger partial charge >= 0.3 is 6.09 Å². The monoisotopic (exact) mass is 159 g/mol. The SMILES string of the molecule is COC(=O)N(C=O)CC(C)C. The van der Waals surface area contributed by atoms with E-state index in [2.05, 4.69) is 4.74 Å². The molecule has 0 atom stereocenters. The molecule has 0 fully saturated rings. The summed E-state index contributed by atoms with van der Waals surface area (Å²) >= 11 is 0. The van der Waals surface area contributed by atoms with Crippen LogP contribution < -0.4 is 0 Å². The molecule has 0 aromatic rings. The van der Waals surface area contributed by atoms with Crippen molar-refractivity contribution in [3.05, 3.63) is 0 Å². The maximum absolute atomic E-state index is 10.8. The van der Waals surface area contributed by atoms with Crippen molar-refractivity contribution in [3.63, 3.8) is 0 Å². The number of hydrogen-bond acceptors (Lipinski definition) is 3. The molecule has 64 valence electrons. The molecule has 2 amide bonds. The highest BCUT2D eigenvalue weighted by Crippen LogP contribution is 1.97. The minimum Gasteiger partial charge on any atom is -0.452 e. The maximum Gasteiger partial charge on any atom is 0.416 e. The Hall–Kier alpha value is -1.06. The molecule has 0 aromatic carbocycles. The van der Waals surface area contributed by atoms with Gasteiger partial charge in [0.25, 0.3) is 0 Å². The predicted molar refractivity (Wildman–Crippen MR) is 40.0 cm³/mol. The van der Waals surface area contributed by atoms with Crippen LogP contribution >= 0.6 is 0 Å². The molecule has 0 aliphatic heterocycles. The quantitative estimate of drug-likeness (QED) is 0.574. The van der Waals surface area contributed by atoms with Gasteiger partial charge in [-0.2, -0.15) is 0 Å². The number of ether oxygens (including phenoxy) is 1. The number of amides is 2. The van der Waals surface area contributed by atoms with Gasteiger partial charge in [0.2, 0.25) is 6.41 Å². The Balaban J connectivity index is 3.95. The van der Waals surface area contributed by atoms with Crippen molar-refractivity contribution in [1.29, 1.82) is 0 Å². The predicted octanol–water partition coefficient (Wildman–Crippen LogP) is 0.867. The zero-order valence-electron chi connectivity index (χ0n) is 7.03. The lowest BCUT2D eigenvalue weighted by molar-refractivity contribution is -0.117. The van der Waals surface area contributed by atoms with Gasteiger partial charge in [-0.1, -0.05) is 13.8 Å². The number of hydrogen-bond donors (Lipinski definition) is 0. The van der Waals surface area contributed by atoms with Crippen molar-refractivity contribution < 1.29 is 14.3 Å². The van der Waals surface area contributed by atoms with E-state index in [1.54, 1.807) is 0 Å². The minimum atomic E-state index is -0.603. The molecule has 0 N–H and O–H groups in total. The van der Waals surface area contributed by atoms with Crippen molar-refractivity contribution >= 4 is 12.5 Å². The topological polar surface area (TPSA) is 46.6 Å². The van der Waals surface area contributed by atoms with Crippen LogP contribution in [0.2, 0.25) is 0 Å². The van der Waals surface area contributed by atoms with E-state index >= 15 is 0 Å². The van der Waals surface area contributed by atoms with E-state index in [1.165, 1.54) is 7.11 Å². The largest absolute Gasteiger partial charge is 0.452 e. The summed E-state index contributed by atoms with van der Waals surface area (Å²) in [5.41, 5.74) is 0. The van der Waals surface area contributed by atoms with Crippen LogP contribution in [0.5, 0.6) is 0 Å². The Bertz CT molecular complexity index is 145. The van der Waals surface area contributed by atoms with Gasteiger partial charge in [0.1, 0.15) is 0 Å². The Morgan fingerprint density at radius 3 is 2.45 bits per heavy atom. The van der Waals surface area contributed by atoms with Gasteiger partial charge in [-0.15, -0.1) is 0 Å². The first-order chi connectivity index (χ1) is 5.11. The molecule has 0 bridgehead atoms. The molecule has 0 aliphatic carbocycles. The van der Waals surface area contributed by atoms with E-state index in [-0.39, 0.29) is 5.92 Å². The Kier molecular flexibility index (Phi) is 4.26. The van der Waals surface area contributed by atoms with Gasteiger partial charge in [-0.3, -0.25) is 4.79 Å². The summed E-state index contributed by atoms with van der Waals surface area (Å²) in [7, 11) is 1.25. The van der Waals surface area contributed by atoms with Crippen LogP contribution in [-0.4, -0.2) is 31.1 Å². The highest BCUT2D eigenvalue weighted by molar-refractivity contribution is 5.80. The Labute approximate surface area is 66.1 Å². The van der Waals surface area contributed by atoms with Crippen LogP contribution in [0.15, 0.2) is 0 Å². The average Bonchev–Trinajstić information content (AvgIpc) is 1.98. The van der Waals surface area contributed by atoms with Crippen molar-refractivity contribution in [2.75, 3.05) is 13.7 Å². The summed E-state index contributed by atoms with van der Waals surface area (Å²) in [5.74, 6) is 0.263. The van der Waals surface area contributed by atoms with E-state index in [1.807, 2.05) is 13.8 Å². The molecule has 11 heavy (non-hydrogen) atoms. The highest BCUT2D eigenvalue weighted by atomic mass is 16.5. The molecule has 0 rings (SSSR count). The van der Waals surface area contributed by atoms with Gasteiger partial charge < -0.3 is 4.74 Å². The molecule has 0 aromatic heterocycles. The molecule has 4 heteroatoms. The number of nitrogens with zero attached hydrogens (tertiary/aromatic N) is 1. The fraction of sp³-hybridized carbons (Fsp3) is 0.714. The molecular weight excluding hydrogens is 146 g/mol. The lowest BCUT2D eigenvalue weighted by atomic mass is 10.2. The third-order valence-electron chi connectivity index (χ3n) is 1.10.